The smallest absolute Gasteiger partial charge is 0.203 e. The Kier molecular flexibility index (Phi) is 3.02. The van der Waals surface area contributed by atoms with E-state index in [9.17, 15) is 8.42 Å². The number of anilines is 1. The summed E-state index contributed by atoms with van der Waals surface area (Å²) in [6, 6.07) is 6.87. The van der Waals surface area contributed by atoms with Crippen molar-refractivity contribution in [2.75, 3.05) is 11.1 Å². The third-order valence-corrected chi connectivity index (χ3v) is 5.60. The van der Waals surface area contributed by atoms with Crippen molar-refractivity contribution in [3.63, 3.8) is 0 Å². The molecular weight excluding hydrogens is 282 g/mol. The molecule has 0 amide bonds. The Balaban J connectivity index is 1.91. The first-order chi connectivity index (χ1) is 9.10. The highest BCUT2D eigenvalue weighted by atomic mass is 32.2. The fraction of sp³-hybridized carbons (Fsp3) is 0.333. The van der Waals surface area contributed by atoms with Gasteiger partial charge < -0.3 is 5.32 Å². The number of nitrogens with one attached hydrogen (secondary N) is 1. The van der Waals surface area contributed by atoms with Gasteiger partial charge >= 0.3 is 0 Å². The van der Waals surface area contributed by atoms with Crippen molar-refractivity contribution in [2.45, 2.75) is 24.3 Å². The Morgan fingerprint density at radius 1 is 1.42 bits per heavy atom. The van der Waals surface area contributed by atoms with Crippen LogP contribution in [0.1, 0.15) is 24.4 Å². The zero-order chi connectivity index (χ0) is 13.5. The Morgan fingerprint density at radius 2 is 2.21 bits per heavy atom. The second-order valence-corrected chi connectivity index (χ2v) is 7.14. The third kappa shape index (κ3) is 2.23. The summed E-state index contributed by atoms with van der Waals surface area (Å²) in [6.07, 6.45) is 0.776. The van der Waals surface area contributed by atoms with Crippen molar-refractivity contribution in [1.29, 1.82) is 0 Å². The van der Waals surface area contributed by atoms with Crippen LogP contribution < -0.4 is 5.32 Å². The minimum absolute atomic E-state index is 0.0768. The van der Waals surface area contributed by atoms with E-state index < -0.39 is 9.84 Å². The minimum atomic E-state index is -3.18. The lowest BCUT2D eigenvalue weighted by Crippen LogP contribution is -2.12. The maximum absolute atomic E-state index is 12.0. The molecule has 0 unspecified atom stereocenters. The van der Waals surface area contributed by atoms with Gasteiger partial charge in [0.05, 0.1) is 16.7 Å². The molecule has 0 spiro atoms. The highest BCUT2D eigenvalue weighted by Gasteiger charge is 2.34. The van der Waals surface area contributed by atoms with Crippen LogP contribution >= 0.6 is 11.5 Å². The van der Waals surface area contributed by atoms with E-state index in [-0.39, 0.29) is 11.8 Å². The summed E-state index contributed by atoms with van der Waals surface area (Å²) in [5, 5.41) is 3.85. The Labute approximate surface area is 115 Å². The quantitative estimate of drug-likeness (QED) is 0.938. The lowest BCUT2D eigenvalue weighted by Gasteiger charge is -2.10. The molecule has 3 rings (SSSR count). The summed E-state index contributed by atoms with van der Waals surface area (Å²) in [5.74, 6) is 0.856. The molecule has 1 aromatic carbocycles. The number of hydrogen-bond donors (Lipinski definition) is 1. The molecule has 7 heteroatoms. The molecule has 5 nitrogen and oxygen atoms in total. The molecule has 1 N–H and O–H groups in total. The van der Waals surface area contributed by atoms with Crippen LogP contribution in [0.25, 0.3) is 0 Å². The van der Waals surface area contributed by atoms with E-state index >= 15 is 0 Å². The highest BCUT2D eigenvalue weighted by molar-refractivity contribution is 7.91. The first-order valence-electron chi connectivity index (χ1n) is 6.01. The van der Waals surface area contributed by atoms with Gasteiger partial charge in [-0.3, -0.25) is 0 Å². The molecule has 0 fully saturated rings. The SMILES string of the molecule is CCc1nsc(N[C@H]2CS(=O)(=O)c3ccccc32)n1. The number of aromatic nitrogens is 2. The van der Waals surface area contributed by atoms with E-state index in [0.29, 0.717) is 10.0 Å². The largest absolute Gasteiger partial charge is 0.352 e. The van der Waals surface area contributed by atoms with E-state index in [2.05, 4.69) is 14.7 Å². The molecule has 2 aromatic rings. The van der Waals surface area contributed by atoms with Gasteiger partial charge in [-0.25, -0.2) is 13.4 Å². The molecule has 0 radical (unpaired) electrons. The Hall–Kier alpha value is -1.47. The number of rotatable bonds is 3. The number of sulfone groups is 1. The molecule has 0 aliphatic carbocycles. The first kappa shape index (κ1) is 12.6. The molecule has 100 valence electrons. The van der Waals surface area contributed by atoms with Crippen molar-refractivity contribution < 1.29 is 8.42 Å². The minimum Gasteiger partial charge on any atom is -0.352 e. The van der Waals surface area contributed by atoms with Gasteiger partial charge in [0, 0.05) is 18.0 Å². The summed E-state index contributed by atoms with van der Waals surface area (Å²) in [6.45, 7) is 1.99. The van der Waals surface area contributed by atoms with Gasteiger partial charge in [-0.1, -0.05) is 25.1 Å². The zero-order valence-corrected chi connectivity index (χ0v) is 12.0. The molecule has 19 heavy (non-hydrogen) atoms. The van der Waals surface area contributed by atoms with E-state index in [0.717, 1.165) is 17.8 Å². The van der Waals surface area contributed by atoms with Crippen LogP contribution in [-0.4, -0.2) is 23.5 Å². The molecule has 2 heterocycles. The van der Waals surface area contributed by atoms with Gasteiger partial charge in [0.25, 0.3) is 0 Å². The standard InChI is InChI=1S/C12H13N3O2S2/c1-2-11-14-12(18-15-11)13-9-7-19(16,17)10-6-4-3-5-8(9)10/h3-6,9H,2,7H2,1H3,(H,13,14,15)/t9-/m0/s1. The van der Waals surface area contributed by atoms with Crippen molar-refractivity contribution in [2.24, 2.45) is 0 Å². The average Bonchev–Trinajstić information content (AvgIpc) is 2.94. The maximum Gasteiger partial charge on any atom is 0.203 e. The van der Waals surface area contributed by atoms with Gasteiger partial charge in [-0.15, -0.1) is 0 Å². The van der Waals surface area contributed by atoms with E-state index in [1.54, 1.807) is 12.1 Å². The van der Waals surface area contributed by atoms with Gasteiger partial charge in [0.1, 0.15) is 5.82 Å². The average molecular weight is 295 g/mol. The van der Waals surface area contributed by atoms with Gasteiger partial charge in [0.2, 0.25) is 5.13 Å². The predicted octanol–water partition coefficient (Wildman–Crippen LogP) is 2.04. The number of hydrogen-bond acceptors (Lipinski definition) is 6. The molecule has 0 saturated heterocycles. The van der Waals surface area contributed by atoms with Gasteiger partial charge in [-0.2, -0.15) is 4.37 Å². The second-order valence-electron chi connectivity index (χ2n) is 4.39. The van der Waals surface area contributed by atoms with E-state index in [1.807, 2.05) is 19.1 Å². The predicted molar refractivity (Wildman–Crippen MR) is 74.1 cm³/mol. The summed E-state index contributed by atoms with van der Waals surface area (Å²) < 4.78 is 28.3. The number of aryl methyl sites for hydroxylation is 1. The number of benzene rings is 1. The van der Waals surface area contributed by atoms with Crippen molar-refractivity contribution in [3.8, 4) is 0 Å². The van der Waals surface area contributed by atoms with Crippen molar-refractivity contribution >= 4 is 26.5 Å². The van der Waals surface area contributed by atoms with Gasteiger partial charge in [-0.05, 0) is 11.6 Å². The lowest BCUT2D eigenvalue weighted by atomic mass is 10.1. The number of nitrogens with zero attached hydrogens (tertiary/aromatic N) is 2. The molecule has 1 aromatic heterocycles. The topological polar surface area (TPSA) is 72.0 Å². The molecule has 1 atom stereocenters. The lowest BCUT2D eigenvalue weighted by molar-refractivity contribution is 0.598. The van der Waals surface area contributed by atoms with Crippen LogP contribution in [0.2, 0.25) is 0 Å². The van der Waals surface area contributed by atoms with Crippen LogP contribution in [0.15, 0.2) is 29.2 Å². The summed E-state index contributed by atoms with van der Waals surface area (Å²) in [4.78, 5) is 4.74. The third-order valence-electron chi connectivity index (χ3n) is 3.10. The van der Waals surface area contributed by atoms with Crippen molar-refractivity contribution in [3.05, 3.63) is 35.7 Å². The van der Waals surface area contributed by atoms with Gasteiger partial charge in [0.15, 0.2) is 9.84 Å². The molecule has 1 aliphatic rings. The van der Waals surface area contributed by atoms with Crippen LogP contribution in [0, 0.1) is 0 Å². The molecule has 0 bridgehead atoms. The maximum atomic E-state index is 12.0. The van der Waals surface area contributed by atoms with Crippen LogP contribution in [0.5, 0.6) is 0 Å². The molecule has 0 saturated carbocycles. The van der Waals surface area contributed by atoms with Crippen molar-refractivity contribution in [1.82, 2.24) is 9.36 Å². The van der Waals surface area contributed by atoms with E-state index in [1.165, 1.54) is 11.5 Å². The Bertz CT molecular complexity index is 709. The second kappa shape index (κ2) is 4.57. The fourth-order valence-corrected chi connectivity index (χ4v) is 4.61. The first-order valence-corrected chi connectivity index (χ1v) is 8.43. The highest BCUT2D eigenvalue weighted by Crippen LogP contribution is 2.35. The monoisotopic (exact) mass is 295 g/mol. The summed E-state index contributed by atoms with van der Waals surface area (Å²) >= 11 is 1.27. The molecular formula is C12H13N3O2S2. The molecule has 1 aliphatic heterocycles. The van der Waals surface area contributed by atoms with Crippen LogP contribution in [0.3, 0.4) is 0 Å². The number of fused-ring (bicyclic) bond motifs is 1. The summed E-state index contributed by atoms with van der Waals surface area (Å²) in [7, 11) is -3.18. The van der Waals surface area contributed by atoms with Crippen LogP contribution in [-0.2, 0) is 16.3 Å². The van der Waals surface area contributed by atoms with Crippen LogP contribution in [0.4, 0.5) is 5.13 Å². The Morgan fingerprint density at radius 3 is 2.95 bits per heavy atom. The summed E-state index contributed by atoms with van der Waals surface area (Å²) in [5.41, 5.74) is 0.816. The normalized spacial score (nSPS) is 20.2. The fourth-order valence-electron chi connectivity index (χ4n) is 2.18. The van der Waals surface area contributed by atoms with E-state index in [4.69, 9.17) is 0 Å². The zero-order valence-electron chi connectivity index (χ0n) is 10.3.